The molecule has 94 valence electrons. The zero-order chi connectivity index (χ0) is 13.2. The molecule has 0 fully saturated rings. The second-order valence-corrected chi connectivity index (χ2v) is 4.24. The van der Waals surface area contributed by atoms with Crippen molar-refractivity contribution in [3.8, 4) is 11.6 Å². The Morgan fingerprint density at radius 1 is 1.05 bits per heavy atom. The number of rotatable bonds is 2. The van der Waals surface area contributed by atoms with Crippen LogP contribution in [0.2, 0.25) is 5.28 Å². The van der Waals surface area contributed by atoms with Crippen molar-refractivity contribution in [2.45, 2.75) is 0 Å². The van der Waals surface area contributed by atoms with Crippen molar-refractivity contribution in [3.05, 3.63) is 59.8 Å². The number of hydrogen-bond acceptors (Lipinski definition) is 3. The largest absolute Gasteiger partial charge is 0.436 e. The average molecular weight is 275 g/mol. The second kappa shape index (κ2) is 4.82. The lowest BCUT2D eigenvalue weighted by Gasteiger charge is -2.06. The molecule has 0 saturated carbocycles. The first kappa shape index (κ1) is 11.9. The quantitative estimate of drug-likeness (QED) is 0.657. The van der Waals surface area contributed by atoms with Crippen LogP contribution >= 0.6 is 11.6 Å². The highest BCUT2D eigenvalue weighted by molar-refractivity contribution is 6.28. The highest BCUT2D eigenvalue weighted by Gasteiger charge is 2.08. The molecule has 19 heavy (non-hydrogen) atoms. The summed E-state index contributed by atoms with van der Waals surface area (Å²) in [5.74, 6) is -0.347. The molecule has 3 nitrogen and oxygen atoms in total. The molecule has 3 aromatic rings. The van der Waals surface area contributed by atoms with Crippen LogP contribution in [0.25, 0.3) is 10.8 Å². The summed E-state index contributed by atoms with van der Waals surface area (Å²) in [6, 6.07) is 13.3. The van der Waals surface area contributed by atoms with Gasteiger partial charge < -0.3 is 4.74 Å². The summed E-state index contributed by atoms with van der Waals surface area (Å²) in [5, 5.41) is 2.02. The normalized spacial score (nSPS) is 10.6. The Hall–Kier alpha value is -2.20. The monoisotopic (exact) mass is 274 g/mol. The van der Waals surface area contributed by atoms with Crippen molar-refractivity contribution in [3.63, 3.8) is 0 Å². The van der Waals surface area contributed by atoms with Crippen LogP contribution in [0, 0.1) is 5.82 Å². The molecule has 1 heterocycles. The lowest BCUT2D eigenvalue weighted by Crippen LogP contribution is -1.94. The summed E-state index contributed by atoms with van der Waals surface area (Å²) in [7, 11) is 0. The molecule has 2 aromatic carbocycles. The first-order valence-corrected chi connectivity index (χ1v) is 5.95. The van der Waals surface area contributed by atoms with E-state index in [0.29, 0.717) is 5.75 Å². The van der Waals surface area contributed by atoms with Gasteiger partial charge in [-0.1, -0.05) is 30.3 Å². The fraction of sp³-hybridized carbons (Fsp3) is 0. The van der Waals surface area contributed by atoms with Crippen molar-refractivity contribution in [1.82, 2.24) is 9.97 Å². The standard InChI is InChI=1S/C14H8ClFN2O/c15-14-17-8-12(16)13(18-14)19-11-6-5-9-3-1-2-4-10(9)7-11/h1-8H. The van der Waals surface area contributed by atoms with Crippen LogP contribution in [0.3, 0.4) is 0 Å². The minimum Gasteiger partial charge on any atom is -0.436 e. The Kier molecular flexibility index (Phi) is 3.01. The first-order valence-electron chi connectivity index (χ1n) is 5.57. The van der Waals surface area contributed by atoms with Crippen LogP contribution in [-0.2, 0) is 0 Å². The first-order chi connectivity index (χ1) is 9.22. The van der Waals surface area contributed by atoms with Crippen LogP contribution in [0.5, 0.6) is 11.6 Å². The zero-order valence-electron chi connectivity index (χ0n) is 9.68. The van der Waals surface area contributed by atoms with E-state index in [-0.39, 0.29) is 11.2 Å². The van der Waals surface area contributed by atoms with Gasteiger partial charge in [0, 0.05) is 0 Å². The SMILES string of the molecule is Fc1cnc(Cl)nc1Oc1ccc2ccccc2c1. The topological polar surface area (TPSA) is 35.0 Å². The van der Waals surface area contributed by atoms with E-state index in [0.717, 1.165) is 17.0 Å². The van der Waals surface area contributed by atoms with Crippen molar-refractivity contribution in [2.24, 2.45) is 0 Å². The van der Waals surface area contributed by atoms with Gasteiger partial charge in [0.15, 0.2) is 0 Å². The van der Waals surface area contributed by atoms with Gasteiger partial charge in [-0.25, -0.2) is 4.98 Å². The molecular weight excluding hydrogens is 267 g/mol. The third-order valence-electron chi connectivity index (χ3n) is 2.62. The molecule has 3 rings (SSSR count). The summed E-state index contributed by atoms with van der Waals surface area (Å²) in [5.41, 5.74) is 0. The van der Waals surface area contributed by atoms with Gasteiger partial charge in [-0.2, -0.15) is 9.37 Å². The summed E-state index contributed by atoms with van der Waals surface area (Å²) in [6.45, 7) is 0. The molecule has 0 aliphatic rings. The van der Waals surface area contributed by atoms with Gasteiger partial charge in [0.2, 0.25) is 11.1 Å². The second-order valence-electron chi connectivity index (χ2n) is 3.90. The van der Waals surface area contributed by atoms with E-state index < -0.39 is 5.82 Å². The molecule has 0 atom stereocenters. The molecule has 0 aliphatic heterocycles. The number of fused-ring (bicyclic) bond motifs is 1. The fourth-order valence-electron chi connectivity index (χ4n) is 1.75. The van der Waals surface area contributed by atoms with Crippen LogP contribution in [-0.4, -0.2) is 9.97 Å². The maximum Gasteiger partial charge on any atom is 0.260 e. The van der Waals surface area contributed by atoms with E-state index in [9.17, 15) is 4.39 Å². The van der Waals surface area contributed by atoms with E-state index in [2.05, 4.69) is 9.97 Å². The minimum absolute atomic E-state index is 0.0582. The van der Waals surface area contributed by atoms with Crippen molar-refractivity contribution < 1.29 is 9.13 Å². The van der Waals surface area contributed by atoms with Gasteiger partial charge in [0.05, 0.1) is 6.20 Å². The van der Waals surface area contributed by atoms with E-state index in [1.807, 2.05) is 36.4 Å². The number of hydrogen-bond donors (Lipinski definition) is 0. The molecule has 5 heteroatoms. The van der Waals surface area contributed by atoms with Crippen molar-refractivity contribution in [1.29, 1.82) is 0 Å². The highest BCUT2D eigenvalue weighted by Crippen LogP contribution is 2.26. The van der Waals surface area contributed by atoms with E-state index in [4.69, 9.17) is 16.3 Å². The van der Waals surface area contributed by atoms with Gasteiger partial charge in [-0.3, -0.25) is 0 Å². The van der Waals surface area contributed by atoms with Crippen LogP contribution < -0.4 is 4.74 Å². The van der Waals surface area contributed by atoms with Gasteiger partial charge >= 0.3 is 0 Å². The number of aromatic nitrogens is 2. The summed E-state index contributed by atoms with van der Waals surface area (Å²) in [4.78, 5) is 7.24. The van der Waals surface area contributed by atoms with Crippen LogP contribution in [0.15, 0.2) is 48.7 Å². The predicted molar refractivity (Wildman–Crippen MR) is 71.0 cm³/mol. The molecule has 0 unspecified atom stereocenters. The molecule has 0 N–H and O–H groups in total. The van der Waals surface area contributed by atoms with Gasteiger partial charge in [-0.05, 0) is 34.5 Å². The molecule has 0 saturated heterocycles. The number of ether oxygens (including phenoxy) is 1. The number of nitrogens with zero attached hydrogens (tertiary/aromatic N) is 2. The average Bonchev–Trinajstić information content (AvgIpc) is 2.43. The van der Waals surface area contributed by atoms with Crippen LogP contribution in [0.4, 0.5) is 4.39 Å². The molecule has 0 radical (unpaired) electrons. The van der Waals surface area contributed by atoms with Crippen LogP contribution in [0.1, 0.15) is 0 Å². The molecule has 0 amide bonds. The van der Waals surface area contributed by atoms with Crippen molar-refractivity contribution in [2.75, 3.05) is 0 Å². The Balaban J connectivity index is 1.98. The lowest BCUT2D eigenvalue weighted by molar-refractivity contribution is 0.420. The van der Waals surface area contributed by atoms with E-state index in [1.165, 1.54) is 0 Å². The number of benzene rings is 2. The highest BCUT2D eigenvalue weighted by atomic mass is 35.5. The summed E-state index contributed by atoms with van der Waals surface area (Å²) >= 11 is 5.61. The Bertz CT molecular complexity index is 748. The summed E-state index contributed by atoms with van der Waals surface area (Å²) < 4.78 is 18.8. The smallest absolute Gasteiger partial charge is 0.260 e. The molecular formula is C14H8ClFN2O. The number of halogens is 2. The maximum absolute atomic E-state index is 13.5. The molecule has 1 aromatic heterocycles. The Morgan fingerprint density at radius 3 is 2.68 bits per heavy atom. The Morgan fingerprint density at radius 2 is 1.84 bits per heavy atom. The van der Waals surface area contributed by atoms with E-state index >= 15 is 0 Å². The van der Waals surface area contributed by atoms with E-state index in [1.54, 1.807) is 6.07 Å². The zero-order valence-corrected chi connectivity index (χ0v) is 10.4. The van der Waals surface area contributed by atoms with Gasteiger partial charge in [0.1, 0.15) is 5.75 Å². The molecule has 0 spiro atoms. The minimum atomic E-state index is -0.655. The Labute approximate surface area is 113 Å². The maximum atomic E-state index is 13.5. The lowest BCUT2D eigenvalue weighted by atomic mass is 10.1. The third kappa shape index (κ3) is 2.48. The van der Waals surface area contributed by atoms with Gasteiger partial charge in [0.25, 0.3) is 5.88 Å². The molecule has 0 aliphatic carbocycles. The predicted octanol–water partition coefficient (Wildman–Crippen LogP) is 4.21. The van der Waals surface area contributed by atoms with Gasteiger partial charge in [-0.15, -0.1) is 0 Å². The third-order valence-corrected chi connectivity index (χ3v) is 2.80. The molecule has 0 bridgehead atoms. The summed E-state index contributed by atoms with van der Waals surface area (Å²) in [6.07, 6.45) is 0.978. The van der Waals surface area contributed by atoms with Crippen molar-refractivity contribution >= 4 is 22.4 Å². The fourth-order valence-corrected chi connectivity index (χ4v) is 1.87.